The number of amides is 2. The number of β-lactam (4-membered cyclic amide) rings is 1. The van der Waals surface area contributed by atoms with Crippen LogP contribution in [-0.4, -0.2) is 65.5 Å². The highest BCUT2D eigenvalue weighted by molar-refractivity contribution is 8.01. The zero-order chi connectivity index (χ0) is 23.0. The van der Waals surface area contributed by atoms with Gasteiger partial charge in [0.2, 0.25) is 5.91 Å². The molecule has 4 heterocycles. The first-order chi connectivity index (χ1) is 15.3. The number of nitrogens with one attached hydrogen (secondary N) is 2. The number of carboxylic acids is 1. The van der Waals surface area contributed by atoms with Crippen molar-refractivity contribution in [2.75, 3.05) is 11.5 Å². The molecule has 1 fully saturated rings. The van der Waals surface area contributed by atoms with Gasteiger partial charge in [-0.2, -0.15) is 0 Å². The van der Waals surface area contributed by atoms with Gasteiger partial charge in [0.05, 0.1) is 6.42 Å². The topological polar surface area (TPSA) is 154 Å². The number of carboxylic acid groups (broad SMARTS) is 1. The van der Waals surface area contributed by atoms with Crippen LogP contribution in [0.1, 0.15) is 4.88 Å². The Morgan fingerprint density at radius 1 is 1.38 bits per heavy atom. The molecule has 0 saturated carbocycles. The fourth-order valence-electron chi connectivity index (χ4n) is 3.33. The molecule has 3 N–H and O–H groups in total. The van der Waals surface area contributed by atoms with E-state index >= 15 is 0 Å². The molecule has 0 unspecified atom stereocenters. The largest absolute Gasteiger partial charge is 0.477 e. The number of H-pyrrole nitrogens is 1. The van der Waals surface area contributed by atoms with Crippen LogP contribution < -0.4 is 16.4 Å². The van der Waals surface area contributed by atoms with Gasteiger partial charge in [-0.3, -0.25) is 28.6 Å². The minimum atomic E-state index is -1.24. The molecule has 168 valence electrons. The van der Waals surface area contributed by atoms with E-state index in [0.29, 0.717) is 11.3 Å². The van der Waals surface area contributed by atoms with E-state index in [2.05, 4.69) is 15.5 Å². The average Bonchev–Trinajstić information content (AvgIpc) is 3.27. The molecule has 2 aromatic heterocycles. The zero-order valence-corrected chi connectivity index (χ0v) is 19.0. The monoisotopic (exact) mass is 495 g/mol. The van der Waals surface area contributed by atoms with E-state index in [9.17, 15) is 29.1 Å². The van der Waals surface area contributed by atoms with Crippen LogP contribution in [0.3, 0.4) is 0 Å². The second-order valence-corrected chi connectivity index (χ2v) is 10.0. The number of thiophene rings is 1. The summed E-state index contributed by atoms with van der Waals surface area (Å²) in [5.41, 5.74) is -1.26. The lowest BCUT2D eigenvalue weighted by Crippen LogP contribution is -2.70. The molecule has 2 aliphatic heterocycles. The number of thioether (sulfide) groups is 2. The number of nitrogens with zero attached hydrogens (tertiary/aromatic N) is 3. The molecular formula is C18H17N5O6S3. The molecule has 1 saturated heterocycles. The van der Waals surface area contributed by atoms with Gasteiger partial charge in [0.1, 0.15) is 17.1 Å². The highest BCUT2D eigenvalue weighted by Gasteiger charge is 2.54. The predicted molar refractivity (Wildman–Crippen MR) is 119 cm³/mol. The third-order valence-electron chi connectivity index (χ3n) is 4.90. The molecular weight excluding hydrogens is 478 g/mol. The summed E-state index contributed by atoms with van der Waals surface area (Å²) in [6.07, 6.45) is 0.160. The first-order valence-electron chi connectivity index (χ1n) is 9.28. The number of hydrogen-bond acceptors (Lipinski definition) is 9. The van der Waals surface area contributed by atoms with E-state index in [1.165, 1.54) is 35.0 Å². The molecule has 0 aliphatic carbocycles. The van der Waals surface area contributed by atoms with Crippen molar-refractivity contribution in [2.45, 2.75) is 23.0 Å². The van der Waals surface area contributed by atoms with Gasteiger partial charge in [-0.05, 0) is 17.0 Å². The predicted octanol–water partition coefficient (Wildman–Crippen LogP) is -0.396. The fraction of sp³-hybridized carbons (Fsp3) is 0.333. The highest BCUT2D eigenvalue weighted by Crippen LogP contribution is 2.41. The number of fused-ring (bicyclic) bond motifs is 1. The van der Waals surface area contributed by atoms with Gasteiger partial charge in [0, 0.05) is 23.4 Å². The Morgan fingerprint density at radius 3 is 2.84 bits per heavy atom. The summed E-state index contributed by atoms with van der Waals surface area (Å²) in [7, 11) is 1.40. The number of aromatic nitrogens is 3. The van der Waals surface area contributed by atoms with Crippen molar-refractivity contribution < 1.29 is 19.5 Å². The van der Waals surface area contributed by atoms with Crippen molar-refractivity contribution in [1.82, 2.24) is 25.0 Å². The number of carbonyl (C=O) groups is 3. The Bertz CT molecular complexity index is 1230. The van der Waals surface area contributed by atoms with E-state index in [1.807, 2.05) is 17.5 Å². The maximum absolute atomic E-state index is 12.7. The summed E-state index contributed by atoms with van der Waals surface area (Å²) in [6, 6.07) is 2.89. The van der Waals surface area contributed by atoms with Gasteiger partial charge >= 0.3 is 17.1 Å². The lowest BCUT2D eigenvalue weighted by Gasteiger charge is -2.49. The lowest BCUT2D eigenvalue weighted by molar-refractivity contribution is -0.150. The van der Waals surface area contributed by atoms with E-state index in [-0.39, 0.29) is 28.9 Å². The van der Waals surface area contributed by atoms with E-state index < -0.39 is 34.4 Å². The Hall–Kier alpha value is -2.84. The third-order valence-corrected chi connectivity index (χ3v) is 8.23. The van der Waals surface area contributed by atoms with Gasteiger partial charge < -0.3 is 10.4 Å². The van der Waals surface area contributed by atoms with Crippen molar-refractivity contribution in [3.05, 3.63) is 54.4 Å². The molecule has 0 bridgehead atoms. The zero-order valence-electron chi connectivity index (χ0n) is 16.6. The molecule has 0 aromatic carbocycles. The van der Waals surface area contributed by atoms with Gasteiger partial charge in [-0.25, -0.2) is 9.89 Å². The third kappa shape index (κ3) is 4.12. The summed E-state index contributed by atoms with van der Waals surface area (Å²) >= 11 is 3.88. The number of carbonyl (C=O) groups excluding carboxylic acids is 2. The molecule has 0 radical (unpaired) electrons. The minimum Gasteiger partial charge on any atom is -0.477 e. The summed E-state index contributed by atoms with van der Waals surface area (Å²) in [4.78, 5) is 62.1. The van der Waals surface area contributed by atoms with Crippen molar-refractivity contribution in [1.29, 1.82) is 0 Å². The second-order valence-electron chi connectivity index (χ2n) is 6.96. The van der Waals surface area contributed by atoms with Crippen LogP contribution in [0.5, 0.6) is 0 Å². The minimum absolute atomic E-state index is 0.121. The standard InChI is InChI=1S/C18H17N5O6S3/c1-22-15(27)13(25)20-21-18(22)32-7-8-6-31-16-11(14(26)23(16)12(8)17(28)29)19-10(24)5-9-3-2-4-30-9/h2-4,11,16H,5-7H2,1H3,(H,19,24)(H,20,25)(H,28,29)/t11-,16-/m1/s1. The molecule has 11 nitrogen and oxygen atoms in total. The molecule has 14 heteroatoms. The summed E-state index contributed by atoms with van der Waals surface area (Å²) in [6.45, 7) is 0. The molecule has 4 rings (SSSR count). The van der Waals surface area contributed by atoms with Crippen molar-refractivity contribution in [3.63, 3.8) is 0 Å². The Labute approximate surface area is 192 Å². The molecule has 2 aliphatic rings. The van der Waals surface area contributed by atoms with Crippen LogP contribution in [0, 0.1) is 0 Å². The average molecular weight is 496 g/mol. The van der Waals surface area contributed by atoms with Crippen molar-refractivity contribution in [2.24, 2.45) is 7.05 Å². The van der Waals surface area contributed by atoms with Crippen LogP contribution in [0.4, 0.5) is 0 Å². The summed E-state index contributed by atoms with van der Waals surface area (Å²) < 4.78 is 1.08. The van der Waals surface area contributed by atoms with E-state index in [1.54, 1.807) is 0 Å². The van der Waals surface area contributed by atoms with Crippen molar-refractivity contribution in [3.8, 4) is 0 Å². The number of aliphatic carboxylic acids is 1. The molecule has 2 atom stereocenters. The van der Waals surface area contributed by atoms with Crippen LogP contribution in [0.2, 0.25) is 0 Å². The second kappa shape index (κ2) is 8.96. The normalized spacial score (nSPS) is 20.0. The van der Waals surface area contributed by atoms with Gasteiger partial charge in [0.15, 0.2) is 5.16 Å². The molecule has 0 spiro atoms. The van der Waals surface area contributed by atoms with Gasteiger partial charge in [-0.15, -0.1) is 28.2 Å². The van der Waals surface area contributed by atoms with Gasteiger partial charge in [-0.1, -0.05) is 17.8 Å². The van der Waals surface area contributed by atoms with Crippen molar-refractivity contribution >= 4 is 52.6 Å². The van der Waals surface area contributed by atoms with E-state index in [0.717, 1.165) is 21.2 Å². The first kappa shape index (κ1) is 22.4. The summed E-state index contributed by atoms with van der Waals surface area (Å²) in [5.74, 6) is -1.52. The highest BCUT2D eigenvalue weighted by atomic mass is 32.2. The first-order valence-corrected chi connectivity index (χ1v) is 12.2. The van der Waals surface area contributed by atoms with Crippen LogP contribution >= 0.6 is 34.9 Å². The number of rotatable bonds is 7. The Morgan fingerprint density at radius 2 is 2.16 bits per heavy atom. The van der Waals surface area contributed by atoms with Gasteiger partial charge in [0.25, 0.3) is 5.91 Å². The smallest absolute Gasteiger partial charge is 0.352 e. The lowest BCUT2D eigenvalue weighted by atomic mass is 10.0. The van der Waals surface area contributed by atoms with E-state index in [4.69, 9.17) is 0 Å². The number of hydrogen-bond donors (Lipinski definition) is 3. The number of aromatic amines is 1. The maximum atomic E-state index is 12.7. The molecule has 2 aromatic rings. The maximum Gasteiger partial charge on any atom is 0.352 e. The Balaban J connectivity index is 1.48. The quantitative estimate of drug-likeness (QED) is 0.264. The van der Waals surface area contributed by atoms with Crippen LogP contribution in [0.25, 0.3) is 0 Å². The molecule has 32 heavy (non-hydrogen) atoms. The SMILES string of the molecule is Cn1c(SCC2=C(C(=O)O)N3C(=O)[C@@H](NC(=O)Cc4cccs4)[C@H]3SC2)n[nH]c(=O)c1=O. The summed E-state index contributed by atoms with van der Waals surface area (Å²) in [5, 5.41) is 20.0. The van der Waals surface area contributed by atoms with Crippen LogP contribution in [-0.2, 0) is 27.9 Å². The Kier molecular flexibility index (Phi) is 6.26. The van der Waals surface area contributed by atoms with Crippen LogP contribution in [0.15, 0.2) is 43.5 Å². The molecule has 2 amide bonds. The fourth-order valence-corrected chi connectivity index (χ4v) is 6.44.